The number of hydrogen-bond acceptors (Lipinski definition) is 4. The molecule has 2 aromatic rings. The number of allylic oxidation sites excluding steroid dienone is 1. The Labute approximate surface area is 110 Å². The number of aryl methyl sites for hydroxylation is 1. The summed E-state index contributed by atoms with van der Waals surface area (Å²) in [6, 6.07) is 8.42. The van der Waals surface area contributed by atoms with Crippen LogP contribution in [0.2, 0.25) is 0 Å². The minimum atomic E-state index is -0.182. The second kappa shape index (κ2) is 4.24. The van der Waals surface area contributed by atoms with Gasteiger partial charge in [-0.2, -0.15) is 0 Å². The highest BCUT2D eigenvalue weighted by Gasteiger charge is 2.29. The molecule has 0 atom stereocenters. The number of fused-ring (bicyclic) bond motifs is 1. The van der Waals surface area contributed by atoms with Crippen molar-refractivity contribution < 1.29 is 14.6 Å². The molecule has 1 aliphatic rings. The van der Waals surface area contributed by atoms with Crippen molar-refractivity contribution in [2.75, 3.05) is 0 Å². The molecule has 4 nitrogen and oxygen atoms in total. The summed E-state index contributed by atoms with van der Waals surface area (Å²) in [6.07, 6.45) is 3.24. The molecular weight excluding hydrogens is 242 g/mol. The first-order valence-corrected chi connectivity index (χ1v) is 5.84. The Hall–Kier alpha value is -2.62. The Balaban J connectivity index is 2.05. The lowest BCUT2D eigenvalue weighted by atomic mass is 10.0. The molecule has 94 valence electrons. The molecule has 4 heteroatoms. The largest absolute Gasteiger partial charge is 0.508 e. The average Bonchev–Trinajstić information content (AvgIpc) is 2.67. The van der Waals surface area contributed by atoms with Crippen molar-refractivity contribution in [1.82, 2.24) is 4.98 Å². The highest BCUT2D eigenvalue weighted by atomic mass is 16.5. The van der Waals surface area contributed by atoms with Crippen molar-refractivity contribution in [2.24, 2.45) is 0 Å². The quantitative estimate of drug-likeness (QED) is 0.794. The van der Waals surface area contributed by atoms with Gasteiger partial charge in [0.05, 0.1) is 11.3 Å². The van der Waals surface area contributed by atoms with Crippen LogP contribution in [-0.4, -0.2) is 15.9 Å². The van der Waals surface area contributed by atoms with Gasteiger partial charge in [0, 0.05) is 18.3 Å². The minimum Gasteiger partial charge on any atom is -0.508 e. The summed E-state index contributed by atoms with van der Waals surface area (Å²) in [5, 5.41) is 9.52. The van der Waals surface area contributed by atoms with Gasteiger partial charge >= 0.3 is 0 Å². The first kappa shape index (κ1) is 11.5. The predicted molar refractivity (Wildman–Crippen MR) is 70.0 cm³/mol. The third kappa shape index (κ3) is 1.97. The molecule has 0 fully saturated rings. The minimum absolute atomic E-state index is 0.0862. The van der Waals surface area contributed by atoms with Crippen LogP contribution >= 0.6 is 0 Å². The number of pyridine rings is 1. The van der Waals surface area contributed by atoms with E-state index in [-0.39, 0.29) is 17.3 Å². The summed E-state index contributed by atoms with van der Waals surface area (Å²) in [4.78, 5) is 16.4. The van der Waals surface area contributed by atoms with E-state index < -0.39 is 0 Å². The molecule has 3 rings (SSSR count). The fourth-order valence-corrected chi connectivity index (χ4v) is 2.09. The number of benzene rings is 1. The van der Waals surface area contributed by atoms with Crippen LogP contribution in [0.3, 0.4) is 0 Å². The standard InChI is InChI=1S/C15H11NO3/c1-9-6-11(17)8-12-14(9)15(18)13(19-12)7-10-4-2-3-5-16-10/h2-8,17H,1H3. The molecule has 0 spiro atoms. The van der Waals surface area contributed by atoms with Crippen LogP contribution in [-0.2, 0) is 0 Å². The van der Waals surface area contributed by atoms with Gasteiger partial charge in [0.2, 0.25) is 5.78 Å². The molecule has 1 aromatic carbocycles. The number of Topliss-reactive ketones (excluding diaryl/α,β-unsaturated/α-hetero) is 1. The van der Waals surface area contributed by atoms with E-state index in [4.69, 9.17) is 4.74 Å². The number of phenolic OH excluding ortho intramolecular Hbond substituents is 1. The van der Waals surface area contributed by atoms with Crippen LogP contribution < -0.4 is 4.74 Å². The predicted octanol–water partition coefficient (Wildman–Crippen LogP) is 2.71. The molecule has 0 aliphatic carbocycles. The van der Waals surface area contributed by atoms with Gasteiger partial charge in [-0.1, -0.05) is 6.07 Å². The number of phenols is 1. The van der Waals surface area contributed by atoms with E-state index in [0.717, 1.165) is 0 Å². The van der Waals surface area contributed by atoms with E-state index in [2.05, 4.69) is 4.98 Å². The second-order valence-corrected chi connectivity index (χ2v) is 4.33. The van der Waals surface area contributed by atoms with Crippen LogP contribution in [0.1, 0.15) is 21.6 Å². The number of ketones is 1. The third-order valence-corrected chi connectivity index (χ3v) is 2.92. The van der Waals surface area contributed by atoms with Gasteiger partial charge in [-0.3, -0.25) is 9.78 Å². The van der Waals surface area contributed by atoms with Crippen LogP contribution in [0.25, 0.3) is 6.08 Å². The fraction of sp³-hybridized carbons (Fsp3) is 0.0667. The summed E-state index contributed by atoms with van der Waals surface area (Å²) < 4.78 is 5.50. The zero-order chi connectivity index (χ0) is 13.4. The molecule has 0 saturated carbocycles. The van der Waals surface area contributed by atoms with E-state index in [9.17, 15) is 9.90 Å². The Morgan fingerprint density at radius 3 is 2.89 bits per heavy atom. The Kier molecular flexibility index (Phi) is 2.56. The SMILES string of the molecule is Cc1cc(O)cc2c1C(=O)C(=Cc1ccccn1)O2. The molecule has 1 aromatic heterocycles. The van der Waals surface area contributed by atoms with Gasteiger partial charge in [0.25, 0.3) is 0 Å². The molecule has 0 unspecified atom stereocenters. The maximum absolute atomic E-state index is 12.2. The zero-order valence-electron chi connectivity index (χ0n) is 10.3. The smallest absolute Gasteiger partial charge is 0.232 e. The fourth-order valence-electron chi connectivity index (χ4n) is 2.09. The molecule has 0 saturated heterocycles. The van der Waals surface area contributed by atoms with Crippen molar-refractivity contribution in [3.05, 3.63) is 59.1 Å². The molecule has 19 heavy (non-hydrogen) atoms. The second-order valence-electron chi connectivity index (χ2n) is 4.33. The molecule has 1 N–H and O–H groups in total. The molecule has 0 radical (unpaired) electrons. The maximum atomic E-state index is 12.2. The topological polar surface area (TPSA) is 59.4 Å². The number of hydrogen-bond donors (Lipinski definition) is 1. The molecule has 0 bridgehead atoms. The van der Waals surface area contributed by atoms with Gasteiger partial charge < -0.3 is 9.84 Å². The number of carbonyl (C=O) groups is 1. The van der Waals surface area contributed by atoms with E-state index in [1.54, 1.807) is 37.4 Å². The molecule has 1 aliphatic heterocycles. The van der Waals surface area contributed by atoms with E-state index >= 15 is 0 Å². The Morgan fingerprint density at radius 2 is 2.16 bits per heavy atom. The summed E-state index contributed by atoms with van der Waals surface area (Å²) in [5.41, 5.74) is 1.85. The first-order chi connectivity index (χ1) is 9.15. The normalized spacial score (nSPS) is 15.4. The number of rotatable bonds is 1. The van der Waals surface area contributed by atoms with Gasteiger partial charge in [-0.05, 0) is 30.7 Å². The van der Waals surface area contributed by atoms with Crippen LogP contribution in [0.5, 0.6) is 11.5 Å². The van der Waals surface area contributed by atoms with E-state index in [1.165, 1.54) is 6.07 Å². The maximum Gasteiger partial charge on any atom is 0.232 e. The summed E-state index contributed by atoms with van der Waals surface area (Å²) >= 11 is 0. The number of aromatic nitrogens is 1. The van der Waals surface area contributed by atoms with Gasteiger partial charge in [-0.15, -0.1) is 0 Å². The number of nitrogens with zero attached hydrogens (tertiary/aromatic N) is 1. The van der Waals surface area contributed by atoms with Crippen LogP contribution in [0.4, 0.5) is 0 Å². The van der Waals surface area contributed by atoms with Crippen LogP contribution in [0.15, 0.2) is 42.3 Å². The number of carbonyl (C=O) groups excluding carboxylic acids is 1. The van der Waals surface area contributed by atoms with Crippen LogP contribution in [0, 0.1) is 6.92 Å². The lowest BCUT2D eigenvalue weighted by Gasteiger charge is -2.00. The third-order valence-electron chi connectivity index (χ3n) is 2.92. The van der Waals surface area contributed by atoms with Crippen molar-refractivity contribution in [3.63, 3.8) is 0 Å². The Bertz CT molecular complexity index is 690. The monoisotopic (exact) mass is 253 g/mol. The van der Waals surface area contributed by atoms with Crippen molar-refractivity contribution in [1.29, 1.82) is 0 Å². The van der Waals surface area contributed by atoms with Gasteiger partial charge in [0.1, 0.15) is 11.5 Å². The lowest BCUT2D eigenvalue weighted by Crippen LogP contribution is -1.99. The average molecular weight is 253 g/mol. The van der Waals surface area contributed by atoms with Gasteiger partial charge in [-0.25, -0.2) is 0 Å². The van der Waals surface area contributed by atoms with E-state index in [0.29, 0.717) is 22.6 Å². The lowest BCUT2D eigenvalue weighted by molar-refractivity contribution is 0.101. The number of aromatic hydroxyl groups is 1. The highest BCUT2D eigenvalue weighted by Crippen LogP contribution is 2.36. The summed E-state index contributed by atoms with van der Waals surface area (Å²) in [7, 11) is 0. The highest BCUT2D eigenvalue weighted by molar-refractivity contribution is 6.15. The number of ether oxygens (including phenoxy) is 1. The first-order valence-electron chi connectivity index (χ1n) is 5.84. The molecule has 0 amide bonds. The summed E-state index contributed by atoms with van der Waals surface area (Å²) in [6.45, 7) is 1.77. The van der Waals surface area contributed by atoms with Gasteiger partial charge in [0.15, 0.2) is 5.76 Å². The van der Waals surface area contributed by atoms with Crippen molar-refractivity contribution in [2.45, 2.75) is 6.92 Å². The van der Waals surface area contributed by atoms with Crippen molar-refractivity contribution in [3.8, 4) is 11.5 Å². The molecular formula is C15H11NO3. The molecule has 2 heterocycles. The Morgan fingerprint density at radius 1 is 1.32 bits per heavy atom. The zero-order valence-corrected chi connectivity index (χ0v) is 10.3. The van der Waals surface area contributed by atoms with E-state index in [1.807, 2.05) is 6.07 Å². The van der Waals surface area contributed by atoms with Crippen molar-refractivity contribution >= 4 is 11.9 Å². The summed E-state index contributed by atoms with van der Waals surface area (Å²) in [5.74, 6) is 0.522.